The number of rotatable bonds is 4. The maximum absolute atomic E-state index is 5.77. The van der Waals surface area contributed by atoms with Crippen LogP contribution < -0.4 is 5.19 Å². The summed E-state index contributed by atoms with van der Waals surface area (Å²) >= 11 is 0. The van der Waals surface area contributed by atoms with E-state index >= 15 is 0 Å². The fourth-order valence-corrected chi connectivity index (χ4v) is 2.39. The lowest BCUT2D eigenvalue weighted by Crippen LogP contribution is -2.16. The first kappa shape index (κ1) is 12.1. The molecule has 2 radical (unpaired) electrons. The molecule has 0 heterocycles. The number of hydrogen-bond donors (Lipinski definition) is 0. The predicted octanol–water partition coefficient (Wildman–Crippen LogP) is 2.76. The van der Waals surface area contributed by atoms with Gasteiger partial charge in [0, 0.05) is 0 Å². The van der Waals surface area contributed by atoms with Crippen LogP contribution in [0.25, 0.3) is 0 Å². The van der Waals surface area contributed by atoms with Gasteiger partial charge in [0.05, 0.1) is 6.61 Å². The maximum atomic E-state index is 5.77. The topological polar surface area (TPSA) is 9.23 Å². The summed E-state index contributed by atoms with van der Waals surface area (Å²) in [5, 5.41) is 1.25. The van der Waals surface area contributed by atoms with Crippen molar-refractivity contribution in [2.45, 2.75) is 20.5 Å². The first-order chi connectivity index (χ1) is 8.27. The van der Waals surface area contributed by atoms with Crippen LogP contribution in [0.4, 0.5) is 0 Å². The van der Waals surface area contributed by atoms with Gasteiger partial charge < -0.3 is 4.43 Å². The van der Waals surface area contributed by atoms with E-state index in [1.54, 1.807) is 0 Å². The third kappa shape index (κ3) is 3.28. The second kappa shape index (κ2) is 5.80. The van der Waals surface area contributed by atoms with E-state index < -0.39 is 0 Å². The molecule has 0 amide bonds. The molecule has 0 aromatic heterocycles. The summed E-state index contributed by atoms with van der Waals surface area (Å²) in [7, 11) is 0.423. The van der Waals surface area contributed by atoms with Gasteiger partial charge >= 0.3 is 0 Å². The van der Waals surface area contributed by atoms with E-state index in [1.165, 1.54) is 21.9 Å². The molecule has 0 saturated carbocycles. The van der Waals surface area contributed by atoms with Crippen LogP contribution in [0.15, 0.2) is 48.5 Å². The van der Waals surface area contributed by atoms with Gasteiger partial charge in [-0.2, -0.15) is 0 Å². The van der Waals surface area contributed by atoms with Crippen molar-refractivity contribution in [2.24, 2.45) is 0 Å². The summed E-state index contributed by atoms with van der Waals surface area (Å²) in [6.07, 6.45) is 0. The largest absolute Gasteiger partial charge is 0.407 e. The Morgan fingerprint density at radius 1 is 0.941 bits per heavy atom. The zero-order chi connectivity index (χ0) is 12.1. The van der Waals surface area contributed by atoms with Gasteiger partial charge in [0.15, 0.2) is 0 Å². The van der Waals surface area contributed by atoms with Crippen LogP contribution in [0.2, 0.25) is 0 Å². The molecule has 0 atom stereocenters. The van der Waals surface area contributed by atoms with Gasteiger partial charge in [-0.3, -0.25) is 0 Å². The molecule has 0 N–H and O–H groups in total. The van der Waals surface area contributed by atoms with Crippen molar-refractivity contribution < 1.29 is 4.43 Å². The second-order valence-electron chi connectivity index (χ2n) is 4.12. The minimum atomic E-state index is 0.423. The Kier molecular flexibility index (Phi) is 4.12. The molecular weight excluding hydrogens is 224 g/mol. The Hall–Kier alpha value is -1.38. The van der Waals surface area contributed by atoms with Crippen molar-refractivity contribution >= 4 is 14.9 Å². The van der Waals surface area contributed by atoms with E-state index in [2.05, 4.69) is 44.2 Å². The van der Waals surface area contributed by atoms with Gasteiger partial charge in [0.2, 0.25) is 0 Å². The third-order valence-electron chi connectivity index (χ3n) is 2.91. The predicted molar refractivity (Wildman–Crippen MR) is 72.5 cm³/mol. The molecule has 2 heteroatoms. The van der Waals surface area contributed by atoms with E-state index in [0.29, 0.717) is 16.4 Å². The molecule has 86 valence electrons. The first-order valence-electron chi connectivity index (χ1n) is 5.75. The van der Waals surface area contributed by atoms with Crippen molar-refractivity contribution in [2.75, 3.05) is 0 Å². The fourth-order valence-electron chi connectivity index (χ4n) is 1.67. The normalized spacial score (nSPS) is 10.5. The van der Waals surface area contributed by atoms with Gasteiger partial charge in [-0.05, 0) is 35.7 Å². The molecule has 0 fully saturated rings. The number of benzene rings is 2. The smallest absolute Gasteiger partial charge is 0.269 e. The molecule has 1 nitrogen and oxygen atoms in total. The zero-order valence-corrected chi connectivity index (χ0v) is 11.2. The lowest BCUT2D eigenvalue weighted by Gasteiger charge is -2.08. The lowest BCUT2D eigenvalue weighted by atomic mass is 10.0. The van der Waals surface area contributed by atoms with Crippen LogP contribution in [0.1, 0.15) is 16.7 Å². The Balaban J connectivity index is 1.93. The molecule has 0 aliphatic rings. The standard InChI is InChI=1S/C15H16OSi/c1-12-7-6-8-14(13(12)2)11-16-17-15-9-4-3-5-10-15/h3-10H,11H2,1-2H3. The minimum Gasteiger partial charge on any atom is -0.407 e. The number of aryl methyl sites for hydroxylation is 1. The molecule has 2 aromatic carbocycles. The summed E-state index contributed by atoms with van der Waals surface area (Å²) in [6, 6.07) is 16.7. The highest BCUT2D eigenvalue weighted by Gasteiger charge is 2.01. The van der Waals surface area contributed by atoms with Crippen molar-refractivity contribution in [3.8, 4) is 0 Å². The van der Waals surface area contributed by atoms with E-state index in [9.17, 15) is 0 Å². The van der Waals surface area contributed by atoms with Gasteiger partial charge in [0.1, 0.15) is 0 Å². The molecule has 2 aromatic rings. The Labute approximate surface area is 105 Å². The first-order valence-corrected chi connectivity index (χ1v) is 6.66. The quantitative estimate of drug-likeness (QED) is 0.747. The molecule has 0 aliphatic carbocycles. The highest BCUT2D eigenvalue weighted by atomic mass is 28.2. The molecule has 17 heavy (non-hydrogen) atoms. The molecule has 0 bridgehead atoms. The summed E-state index contributed by atoms with van der Waals surface area (Å²) in [5.41, 5.74) is 3.95. The zero-order valence-electron chi connectivity index (χ0n) is 10.2. The van der Waals surface area contributed by atoms with Gasteiger partial charge in [-0.25, -0.2) is 0 Å². The lowest BCUT2D eigenvalue weighted by molar-refractivity contribution is 0.329. The molecule has 0 spiro atoms. The van der Waals surface area contributed by atoms with Crippen molar-refractivity contribution in [1.82, 2.24) is 0 Å². The molecule has 0 saturated heterocycles. The second-order valence-corrected chi connectivity index (χ2v) is 5.19. The van der Waals surface area contributed by atoms with Crippen LogP contribution in [-0.2, 0) is 11.0 Å². The van der Waals surface area contributed by atoms with E-state index in [-0.39, 0.29) is 0 Å². The highest BCUT2D eigenvalue weighted by molar-refractivity contribution is 6.46. The molecule has 0 aliphatic heterocycles. The third-order valence-corrected chi connectivity index (χ3v) is 3.77. The van der Waals surface area contributed by atoms with E-state index in [4.69, 9.17) is 4.43 Å². The van der Waals surface area contributed by atoms with Crippen LogP contribution in [0, 0.1) is 13.8 Å². The molecular formula is C15H16OSi. The van der Waals surface area contributed by atoms with Gasteiger partial charge in [-0.1, -0.05) is 48.5 Å². The average molecular weight is 240 g/mol. The van der Waals surface area contributed by atoms with Crippen LogP contribution >= 0.6 is 0 Å². The fraction of sp³-hybridized carbons (Fsp3) is 0.200. The van der Waals surface area contributed by atoms with Crippen LogP contribution in [0.3, 0.4) is 0 Å². The summed E-state index contributed by atoms with van der Waals surface area (Å²) in [5.74, 6) is 0. The Morgan fingerprint density at radius 2 is 1.71 bits per heavy atom. The Morgan fingerprint density at radius 3 is 2.47 bits per heavy atom. The summed E-state index contributed by atoms with van der Waals surface area (Å²) in [4.78, 5) is 0. The van der Waals surface area contributed by atoms with Crippen LogP contribution in [0.5, 0.6) is 0 Å². The Bertz CT molecular complexity index is 480. The summed E-state index contributed by atoms with van der Waals surface area (Å²) < 4.78 is 5.77. The van der Waals surface area contributed by atoms with E-state index in [1.807, 2.05) is 18.2 Å². The van der Waals surface area contributed by atoms with Crippen molar-refractivity contribution in [1.29, 1.82) is 0 Å². The molecule has 0 unspecified atom stereocenters. The monoisotopic (exact) mass is 240 g/mol. The summed E-state index contributed by atoms with van der Waals surface area (Å²) in [6.45, 7) is 4.98. The average Bonchev–Trinajstić information content (AvgIpc) is 2.36. The maximum Gasteiger partial charge on any atom is 0.269 e. The van der Waals surface area contributed by atoms with Gasteiger partial charge in [0.25, 0.3) is 9.76 Å². The number of hydrogen-bond acceptors (Lipinski definition) is 1. The molecule has 2 rings (SSSR count). The van der Waals surface area contributed by atoms with Crippen molar-refractivity contribution in [3.05, 3.63) is 65.2 Å². The van der Waals surface area contributed by atoms with Gasteiger partial charge in [-0.15, -0.1) is 0 Å². The SMILES string of the molecule is Cc1cccc(CO[Si]c2ccccc2)c1C. The minimum absolute atomic E-state index is 0.423. The van der Waals surface area contributed by atoms with Crippen LogP contribution in [-0.4, -0.2) is 9.76 Å². The highest BCUT2D eigenvalue weighted by Crippen LogP contribution is 2.13. The van der Waals surface area contributed by atoms with E-state index in [0.717, 1.165) is 0 Å². The van der Waals surface area contributed by atoms with Crippen molar-refractivity contribution in [3.63, 3.8) is 0 Å².